The van der Waals surface area contributed by atoms with Crippen LogP contribution in [0.25, 0.3) is 0 Å². The fraction of sp³-hybridized carbons (Fsp3) is 0.353. The Morgan fingerprint density at radius 3 is 2.70 bits per heavy atom. The molecule has 1 fully saturated rings. The summed E-state index contributed by atoms with van der Waals surface area (Å²) in [5.41, 5.74) is 3.60. The molecule has 1 unspecified atom stereocenters. The summed E-state index contributed by atoms with van der Waals surface area (Å²) in [6.45, 7) is 4.16. The number of hydrogen-bond donors (Lipinski definition) is 0. The zero-order chi connectivity index (χ0) is 13.9. The average molecular weight is 287 g/mol. The summed E-state index contributed by atoms with van der Waals surface area (Å²) in [6, 6.07) is 15.0. The highest BCUT2D eigenvalue weighted by Crippen LogP contribution is 2.30. The first-order chi connectivity index (χ1) is 9.78. The number of aryl methyl sites for hydroxylation is 1. The first-order valence-corrected chi connectivity index (χ1v) is 7.64. The lowest BCUT2D eigenvalue weighted by Gasteiger charge is -2.19. The van der Waals surface area contributed by atoms with Crippen molar-refractivity contribution in [1.82, 2.24) is 4.98 Å². The summed E-state index contributed by atoms with van der Waals surface area (Å²) in [6.07, 6.45) is 1.20. The Morgan fingerprint density at radius 1 is 1.20 bits per heavy atom. The van der Waals surface area contributed by atoms with Crippen LogP contribution in [0.3, 0.4) is 0 Å². The Hall–Kier alpha value is -1.54. The van der Waals surface area contributed by atoms with E-state index in [0.29, 0.717) is 11.8 Å². The van der Waals surface area contributed by atoms with Gasteiger partial charge in [-0.2, -0.15) is 0 Å². The van der Waals surface area contributed by atoms with Crippen LogP contribution in [0.5, 0.6) is 0 Å². The molecule has 0 radical (unpaired) electrons. The second-order valence-corrected chi connectivity index (χ2v) is 5.66. The van der Waals surface area contributed by atoms with Crippen LogP contribution in [0.15, 0.2) is 42.5 Å². The van der Waals surface area contributed by atoms with Crippen LogP contribution in [0, 0.1) is 6.92 Å². The number of benzene rings is 1. The van der Waals surface area contributed by atoms with Crippen LogP contribution in [0.2, 0.25) is 0 Å². The highest BCUT2D eigenvalue weighted by atomic mass is 35.5. The topological polar surface area (TPSA) is 16.1 Å². The number of anilines is 1. The molecule has 1 atom stereocenters. The minimum Gasteiger partial charge on any atom is -0.356 e. The SMILES string of the molecule is Cc1nc(N2CCC(c3ccccc3)C2)ccc1CCl. The van der Waals surface area contributed by atoms with Gasteiger partial charge in [-0.3, -0.25) is 0 Å². The normalized spacial score (nSPS) is 18.5. The summed E-state index contributed by atoms with van der Waals surface area (Å²) in [7, 11) is 0. The van der Waals surface area contributed by atoms with Gasteiger partial charge in [0, 0.05) is 30.6 Å². The molecule has 1 aliphatic heterocycles. The lowest BCUT2D eigenvalue weighted by atomic mass is 9.99. The Bertz CT molecular complexity index is 583. The third kappa shape index (κ3) is 2.66. The smallest absolute Gasteiger partial charge is 0.128 e. The minimum absolute atomic E-state index is 0.533. The van der Waals surface area contributed by atoms with Gasteiger partial charge in [-0.05, 0) is 30.5 Å². The first kappa shape index (κ1) is 13.4. The number of nitrogens with zero attached hydrogens (tertiary/aromatic N) is 2. The van der Waals surface area contributed by atoms with E-state index in [9.17, 15) is 0 Å². The molecule has 0 N–H and O–H groups in total. The monoisotopic (exact) mass is 286 g/mol. The zero-order valence-corrected chi connectivity index (χ0v) is 12.5. The molecule has 0 saturated carbocycles. The first-order valence-electron chi connectivity index (χ1n) is 7.10. The molecule has 3 rings (SSSR count). The summed E-state index contributed by atoms with van der Waals surface area (Å²) < 4.78 is 0. The van der Waals surface area contributed by atoms with Gasteiger partial charge >= 0.3 is 0 Å². The van der Waals surface area contributed by atoms with Crippen LogP contribution < -0.4 is 4.90 Å². The molecule has 0 bridgehead atoms. The second-order valence-electron chi connectivity index (χ2n) is 5.39. The van der Waals surface area contributed by atoms with Gasteiger partial charge in [-0.1, -0.05) is 36.4 Å². The lowest BCUT2D eigenvalue weighted by molar-refractivity contribution is 0.774. The van der Waals surface area contributed by atoms with Crippen LogP contribution in [0.4, 0.5) is 5.82 Å². The fourth-order valence-electron chi connectivity index (χ4n) is 2.86. The standard InChI is InChI=1S/C17H19ClN2/c1-13-15(11-18)7-8-17(19-13)20-10-9-16(12-20)14-5-3-2-4-6-14/h2-8,16H,9-12H2,1H3. The number of alkyl halides is 1. The average Bonchev–Trinajstić information content (AvgIpc) is 2.98. The second kappa shape index (κ2) is 5.84. The summed E-state index contributed by atoms with van der Waals surface area (Å²) in [5.74, 6) is 2.23. The van der Waals surface area contributed by atoms with E-state index in [-0.39, 0.29) is 0 Å². The van der Waals surface area contributed by atoms with E-state index in [1.54, 1.807) is 0 Å². The molecular weight excluding hydrogens is 268 g/mol. The maximum absolute atomic E-state index is 5.89. The van der Waals surface area contributed by atoms with Gasteiger partial charge in [0.05, 0.1) is 0 Å². The van der Waals surface area contributed by atoms with Crippen molar-refractivity contribution in [3.8, 4) is 0 Å². The summed E-state index contributed by atoms with van der Waals surface area (Å²) in [4.78, 5) is 7.07. The number of rotatable bonds is 3. The fourth-order valence-corrected chi connectivity index (χ4v) is 3.14. The van der Waals surface area contributed by atoms with Gasteiger partial charge in [-0.25, -0.2) is 4.98 Å². The van der Waals surface area contributed by atoms with E-state index < -0.39 is 0 Å². The van der Waals surface area contributed by atoms with Crippen molar-refractivity contribution < 1.29 is 0 Å². The van der Waals surface area contributed by atoms with Crippen LogP contribution in [-0.2, 0) is 5.88 Å². The van der Waals surface area contributed by atoms with Gasteiger partial charge in [0.15, 0.2) is 0 Å². The van der Waals surface area contributed by atoms with Crippen LogP contribution >= 0.6 is 11.6 Å². The molecule has 0 aliphatic carbocycles. The van der Waals surface area contributed by atoms with Gasteiger partial charge in [0.25, 0.3) is 0 Å². The van der Waals surface area contributed by atoms with E-state index >= 15 is 0 Å². The van der Waals surface area contributed by atoms with E-state index in [0.717, 1.165) is 30.2 Å². The molecule has 1 aromatic heterocycles. The van der Waals surface area contributed by atoms with E-state index in [4.69, 9.17) is 16.6 Å². The number of halogens is 1. The number of hydrogen-bond acceptors (Lipinski definition) is 2. The molecule has 20 heavy (non-hydrogen) atoms. The predicted molar refractivity (Wildman–Crippen MR) is 84.5 cm³/mol. The third-order valence-electron chi connectivity index (χ3n) is 4.11. The molecule has 0 spiro atoms. The Kier molecular flexibility index (Phi) is 3.93. The zero-order valence-electron chi connectivity index (χ0n) is 11.7. The van der Waals surface area contributed by atoms with E-state index in [2.05, 4.69) is 47.4 Å². The van der Waals surface area contributed by atoms with Crippen molar-refractivity contribution in [2.24, 2.45) is 0 Å². The van der Waals surface area contributed by atoms with Crippen LogP contribution in [0.1, 0.15) is 29.2 Å². The summed E-state index contributed by atoms with van der Waals surface area (Å²) >= 11 is 5.89. The Balaban J connectivity index is 1.76. The van der Waals surface area contributed by atoms with Crippen molar-refractivity contribution in [2.75, 3.05) is 18.0 Å². The summed E-state index contributed by atoms with van der Waals surface area (Å²) in [5, 5.41) is 0. The van der Waals surface area contributed by atoms with Gasteiger partial charge in [0.1, 0.15) is 5.82 Å². The molecular formula is C17H19ClN2. The highest BCUT2D eigenvalue weighted by molar-refractivity contribution is 6.17. The number of aromatic nitrogens is 1. The van der Waals surface area contributed by atoms with Crippen molar-refractivity contribution >= 4 is 17.4 Å². The van der Waals surface area contributed by atoms with Crippen molar-refractivity contribution in [2.45, 2.75) is 25.1 Å². The van der Waals surface area contributed by atoms with Gasteiger partial charge in [0.2, 0.25) is 0 Å². The molecule has 2 aromatic rings. The molecule has 1 saturated heterocycles. The van der Waals surface area contributed by atoms with Crippen LogP contribution in [-0.4, -0.2) is 18.1 Å². The molecule has 0 amide bonds. The largest absolute Gasteiger partial charge is 0.356 e. The molecule has 1 aliphatic rings. The molecule has 1 aromatic carbocycles. The Labute approximate surface area is 125 Å². The van der Waals surface area contributed by atoms with E-state index in [1.807, 2.05) is 6.92 Å². The highest BCUT2D eigenvalue weighted by Gasteiger charge is 2.24. The third-order valence-corrected chi connectivity index (χ3v) is 4.40. The van der Waals surface area contributed by atoms with Gasteiger partial charge < -0.3 is 4.90 Å². The quantitative estimate of drug-likeness (QED) is 0.789. The van der Waals surface area contributed by atoms with E-state index in [1.165, 1.54) is 12.0 Å². The minimum atomic E-state index is 0.533. The maximum atomic E-state index is 5.89. The molecule has 3 heteroatoms. The van der Waals surface area contributed by atoms with Crippen molar-refractivity contribution in [3.05, 3.63) is 59.3 Å². The lowest BCUT2D eigenvalue weighted by Crippen LogP contribution is -2.20. The molecule has 104 valence electrons. The number of pyridine rings is 1. The van der Waals surface area contributed by atoms with Crippen molar-refractivity contribution in [3.63, 3.8) is 0 Å². The molecule has 2 nitrogen and oxygen atoms in total. The van der Waals surface area contributed by atoms with Gasteiger partial charge in [-0.15, -0.1) is 11.6 Å². The predicted octanol–water partition coefficient (Wildman–Crippen LogP) is 4.12. The molecule has 2 heterocycles. The Morgan fingerprint density at radius 2 is 2.00 bits per heavy atom. The maximum Gasteiger partial charge on any atom is 0.128 e. The van der Waals surface area contributed by atoms with Crippen molar-refractivity contribution in [1.29, 1.82) is 0 Å².